The number of rotatable bonds is 5. The van der Waals surface area contributed by atoms with Gasteiger partial charge in [-0.25, -0.2) is 0 Å². The lowest BCUT2D eigenvalue weighted by Gasteiger charge is -2.34. The second-order valence-corrected chi connectivity index (χ2v) is 7.47. The molecule has 1 aromatic carbocycles. The summed E-state index contributed by atoms with van der Waals surface area (Å²) in [7, 11) is 0. The van der Waals surface area contributed by atoms with Crippen LogP contribution in [0.15, 0.2) is 18.2 Å². The lowest BCUT2D eigenvalue weighted by molar-refractivity contribution is -0.147. The minimum Gasteiger partial charge on any atom is -0.324 e. The maximum absolute atomic E-state index is 12.4. The number of imide groups is 1. The van der Waals surface area contributed by atoms with Crippen molar-refractivity contribution >= 4 is 35.2 Å². The van der Waals surface area contributed by atoms with Crippen LogP contribution in [0, 0.1) is 13.8 Å². The summed E-state index contributed by atoms with van der Waals surface area (Å²) in [5.41, 5.74) is 2.77. The Morgan fingerprint density at radius 3 is 2.21 bits per heavy atom. The van der Waals surface area contributed by atoms with Crippen molar-refractivity contribution < 1.29 is 14.4 Å². The number of carbonyl (C=O) groups excluding carboxylic acids is 3. The second kappa shape index (κ2) is 7.83. The van der Waals surface area contributed by atoms with Crippen molar-refractivity contribution in [3.8, 4) is 0 Å². The van der Waals surface area contributed by atoms with Gasteiger partial charge in [-0.05, 0) is 38.3 Å². The van der Waals surface area contributed by atoms with Crippen molar-refractivity contribution in [3.05, 3.63) is 29.3 Å². The average Bonchev–Trinajstić information content (AvgIpc) is 2.54. The number of hydrogen-bond acceptors (Lipinski definition) is 4. The van der Waals surface area contributed by atoms with Crippen molar-refractivity contribution in [2.75, 3.05) is 11.9 Å². The first kappa shape index (κ1) is 18.5. The van der Waals surface area contributed by atoms with Gasteiger partial charge in [-0.1, -0.05) is 31.5 Å². The van der Waals surface area contributed by atoms with Gasteiger partial charge in [0, 0.05) is 5.69 Å². The predicted octanol–water partition coefficient (Wildman–Crippen LogP) is 2.90. The molecular formula is C18H24N2O3S. The van der Waals surface area contributed by atoms with E-state index in [4.69, 9.17) is 0 Å². The Bertz CT molecular complexity index is 638. The molecule has 0 bridgehead atoms. The molecule has 1 fully saturated rings. The van der Waals surface area contributed by atoms with E-state index in [2.05, 4.69) is 5.32 Å². The minimum atomic E-state index is -0.347. The van der Waals surface area contributed by atoms with Crippen LogP contribution in [-0.2, 0) is 14.4 Å². The molecule has 0 spiro atoms. The molecule has 5 nitrogen and oxygen atoms in total. The molecule has 1 aromatic rings. The molecule has 6 heteroatoms. The topological polar surface area (TPSA) is 66.5 Å². The first-order chi connectivity index (χ1) is 11.4. The molecule has 1 aliphatic heterocycles. The summed E-state index contributed by atoms with van der Waals surface area (Å²) >= 11 is 1.41. The molecule has 24 heavy (non-hydrogen) atoms. The summed E-state index contributed by atoms with van der Waals surface area (Å²) in [6.07, 6.45) is 1.31. The molecule has 2 rings (SSSR count). The van der Waals surface area contributed by atoms with Gasteiger partial charge < -0.3 is 5.32 Å². The molecular weight excluding hydrogens is 324 g/mol. The van der Waals surface area contributed by atoms with Gasteiger partial charge in [0.2, 0.25) is 17.7 Å². The summed E-state index contributed by atoms with van der Waals surface area (Å²) in [6.45, 7) is 7.52. The first-order valence-electron chi connectivity index (χ1n) is 8.25. The van der Waals surface area contributed by atoms with Gasteiger partial charge in [-0.3, -0.25) is 19.3 Å². The van der Waals surface area contributed by atoms with Crippen molar-refractivity contribution in [1.82, 2.24) is 4.90 Å². The van der Waals surface area contributed by atoms with E-state index < -0.39 is 0 Å². The fourth-order valence-electron chi connectivity index (χ4n) is 2.76. The van der Waals surface area contributed by atoms with Crippen LogP contribution in [0.25, 0.3) is 0 Å². The first-order valence-corrected chi connectivity index (χ1v) is 9.19. The quantitative estimate of drug-likeness (QED) is 0.831. The van der Waals surface area contributed by atoms with Gasteiger partial charge in [0.15, 0.2) is 0 Å². The minimum absolute atomic E-state index is 0.224. The summed E-state index contributed by atoms with van der Waals surface area (Å²) in [5, 5.41) is 2.30. The molecule has 2 atom stereocenters. The monoisotopic (exact) mass is 348 g/mol. The zero-order valence-electron chi connectivity index (χ0n) is 14.6. The summed E-state index contributed by atoms with van der Waals surface area (Å²) in [5.74, 6) is -0.860. The number of anilines is 1. The summed E-state index contributed by atoms with van der Waals surface area (Å²) in [4.78, 5) is 38.3. The molecule has 0 unspecified atom stereocenters. The molecule has 130 valence electrons. The van der Waals surface area contributed by atoms with E-state index in [0.717, 1.165) is 16.0 Å². The Morgan fingerprint density at radius 1 is 1.12 bits per heavy atom. The fourth-order valence-corrected chi connectivity index (χ4v) is 4.02. The lowest BCUT2D eigenvalue weighted by Crippen LogP contribution is -2.53. The number of aryl methyl sites for hydroxylation is 2. The number of carbonyl (C=O) groups is 3. The molecule has 0 aliphatic carbocycles. The lowest BCUT2D eigenvalue weighted by atomic mass is 10.1. The van der Waals surface area contributed by atoms with Gasteiger partial charge in [-0.15, -0.1) is 11.8 Å². The highest BCUT2D eigenvalue weighted by atomic mass is 32.2. The maximum atomic E-state index is 12.4. The van der Waals surface area contributed by atoms with Crippen LogP contribution in [0.2, 0.25) is 0 Å². The SMILES string of the molecule is CC[C@H]1S[C@H](CC)C(=O)N(CC(=O)Nc2ccc(C)cc2C)C1=O. The van der Waals surface area contributed by atoms with E-state index >= 15 is 0 Å². The number of benzene rings is 1. The third-order valence-corrected chi connectivity index (χ3v) is 5.84. The van der Waals surface area contributed by atoms with E-state index in [-0.39, 0.29) is 34.8 Å². The van der Waals surface area contributed by atoms with Gasteiger partial charge in [0.1, 0.15) is 6.54 Å². The summed E-state index contributed by atoms with van der Waals surface area (Å²) < 4.78 is 0. The second-order valence-electron chi connectivity index (χ2n) is 6.06. The van der Waals surface area contributed by atoms with E-state index in [1.807, 2.05) is 45.9 Å². The third kappa shape index (κ3) is 3.98. The van der Waals surface area contributed by atoms with Crippen LogP contribution < -0.4 is 5.32 Å². The van der Waals surface area contributed by atoms with Gasteiger partial charge in [0.25, 0.3) is 0 Å². The molecule has 1 heterocycles. The highest BCUT2D eigenvalue weighted by Crippen LogP contribution is 2.31. The molecule has 3 amide bonds. The normalized spacial score (nSPS) is 21.1. The molecule has 1 aliphatic rings. The third-order valence-electron chi connectivity index (χ3n) is 4.11. The standard InChI is InChI=1S/C18H24N2O3S/c1-5-14-17(22)20(18(23)15(6-2)24-14)10-16(21)19-13-8-7-11(3)9-12(13)4/h7-9,14-15H,5-6,10H2,1-4H3,(H,19,21)/t14-,15-/m1/s1. The number of amides is 3. The Kier molecular flexibility index (Phi) is 6.04. The van der Waals surface area contributed by atoms with Crippen LogP contribution in [0.5, 0.6) is 0 Å². The molecule has 1 saturated heterocycles. The molecule has 0 radical (unpaired) electrons. The molecule has 0 aromatic heterocycles. The van der Waals surface area contributed by atoms with Crippen LogP contribution >= 0.6 is 11.8 Å². The average molecular weight is 348 g/mol. The molecule has 0 saturated carbocycles. The van der Waals surface area contributed by atoms with E-state index in [0.29, 0.717) is 18.5 Å². The van der Waals surface area contributed by atoms with Crippen molar-refractivity contribution in [2.24, 2.45) is 0 Å². The largest absolute Gasteiger partial charge is 0.324 e. The zero-order chi connectivity index (χ0) is 17.9. The Balaban J connectivity index is 2.10. The van der Waals surface area contributed by atoms with Crippen molar-refractivity contribution in [1.29, 1.82) is 0 Å². The highest BCUT2D eigenvalue weighted by Gasteiger charge is 2.40. The highest BCUT2D eigenvalue weighted by molar-refractivity contribution is 8.02. The van der Waals surface area contributed by atoms with Crippen molar-refractivity contribution in [3.63, 3.8) is 0 Å². The number of hydrogen-bond donors (Lipinski definition) is 1. The Morgan fingerprint density at radius 2 is 1.71 bits per heavy atom. The smallest absolute Gasteiger partial charge is 0.244 e. The van der Waals surface area contributed by atoms with Crippen LogP contribution in [0.4, 0.5) is 5.69 Å². The fraction of sp³-hybridized carbons (Fsp3) is 0.500. The van der Waals surface area contributed by atoms with Gasteiger partial charge in [-0.2, -0.15) is 0 Å². The number of nitrogens with zero attached hydrogens (tertiary/aromatic N) is 1. The van der Waals surface area contributed by atoms with Gasteiger partial charge >= 0.3 is 0 Å². The zero-order valence-corrected chi connectivity index (χ0v) is 15.4. The maximum Gasteiger partial charge on any atom is 0.244 e. The predicted molar refractivity (Wildman–Crippen MR) is 97.0 cm³/mol. The van der Waals surface area contributed by atoms with E-state index in [1.54, 1.807) is 0 Å². The number of thioether (sulfide) groups is 1. The molecule has 1 N–H and O–H groups in total. The van der Waals surface area contributed by atoms with E-state index in [9.17, 15) is 14.4 Å². The van der Waals surface area contributed by atoms with Crippen LogP contribution in [0.3, 0.4) is 0 Å². The Labute approximate surface area is 147 Å². The number of nitrogens with one attached hydrogen (secondary N) is 1. The van der Waals surface area contributed by atoms with E-state index in [1.165, 1.54) is 11.8 Å². The Hall–Kier alpha value is -1.82. The summed E-state index contributed by atoms with van der Waals surface area (Å²) in [6, 6.07) is 5.72. The van der Waals surface area contributed by atoms with Crippen LogP contribution in [-0.4, -0.2) is 39.7 Å². The van der Waals surface area contributed by atoms with Gasteiger partial charge in [0.05, 0.1) is 10.5 Å². The van der Waals surface area contributed by atoms with Crippen LogP contribution in [0.1, 0.15) is 37.8 Å². The van der Waals surface area contributed by atoms with Crippen molar-refractivity contribution in [2.45, 2.75) is 51.0 Å².